The van der Waals surface area contributed by atoms with E-state index in [1.807, 2.05) is 30.4 Å². The van der Waals surface area contributed by atoms with Crippen LogP contribution in [0.2, 0.25) is 0 Å². The molecule has 0 saturated heterocycles. The molecule has 1 amide bonds. The van der Waals surface area contributed by atoms with Crippen molar-refractivity contribution in [2.45, 2.75) is 0 Å². The van der Waals surface area contributed by atoms with Crippen LogP contribution in [-0.4, -0.2) is 39.3 Å². The molecule has 0 aliphatic carbocycles. The van der Waals surface area contributed by atoms with Crippen LogP contribution in [0, 0.1) is 10.1 Å². The van der Waals surface area contributed by atoms with Crippen molar-refractivity contribution in [1.82, 2.24) is 0 Å². The van der Waals surface area contributed by atoms with Crippen molar-refractivity contribution >= 4 is 35.5 Å². The average Bonchev–Trinajstić information content (AvgIpc) is 2.90. The Morgan fingerprint density at radius 1 is 0.806 bits per heavy atom. The van der Waals surface area contributed by atoms with Crippen molar-refractivity contribution in [2.24, 2.45) is 0 Å². The Balaban J connectivity index is 1.83. The second-order valence-corrected chi connectivity index (χ2v) is 7.39. The summed E-state index contributed by atoms with van der Waals surface area (Å²) >= 11 is 0. The van der Waals surface area contributed by atoms with E-state index in [1.165, 1.54) is 25.3 Å². The first-order chi connectivity index (χ1) is 17.4. The van der Waals surface area contributed by atoms with Crippen molar-refractivity contribution in [3.63, 3.8) is 0 Å². The van der Waals surface area contributed by atoms with Gasteiger partial charge in [0.1, 0.15) is 5.75 Å². The minimum Gasteiger partial charge on any atom is -0.495 e. The first-order valence-corrected chi connectivity index (χ1v) is 10.8. The summed E-state index contributed by atoms with van der Waals surface area (Å²) < 4.78 is 21.5. The average molecular weight is 491 g/mol. The molecular formula is C27H26N2O7. The Labute approximate surface area is 208 Å². The molecule has 0 unspecified atom stereocenters. The van der Waals surface area contributed by atoms with Crippen molar-refractivity contribution in [3.8, 4) is 23.0 Å². The number of hydrogen-bond acceptors (Lipinski definition) is 7. The molecule has 0 radical (unpaired) electrons. The number of nitro benzene ring substituents is 1. The van der Waals surface area contributed by atoms with E-state index in [0.29, 0.717) is 34.2 Å². The number of carbonyl (C=O) groups is 1. The summed E-state index contributed by atoms with van der Waals surface area (Å²) in [5, 5.41) is 13.9. The fourth-order valence-electron chi connectivity index (χ4n) is 3.45. The summed E-state index contributed by atoms with van der Waals surface area (Å²) in [5.74, 6) is 1.57. The zero-order chi connectivity index (χ0) is 26.1. The molecular weight excluding hydrogens is 464 g/mol. The van der Waals surface area contributed by atoms with Gasteiger partial charge in [-0.15, -0.1) is 0 Å². The Bertz CT molecular complexity index is 1290. The number of rotatable bonds is 10. The maximum Gasteiger partial charge on any atom is 0.276 e. The van der Waals surface area contributed by atoms with Gasteiger partial charge in [0.05, 0.1) is 44.6 Å². The molecule has 3 aromatic carbocycles. The van der Waals surface area contributed by atoms with Crippen LogP contribution in [-0.2, 0) is 4.79 Å². The number of amides is 1. The Morgan fingerprint density at radius 2 is 1.44 bits per heavy atom. The number of nitrogens with one attached hydrogen (secondary N) is 1. The van der Waals surface area contributed by atoms with E-state index >= 15 is 0 Å². The summed E-state index contributed by atoms with van der Waals surface area (Å²) in [6, 6.07) is 15.1. The zero-order valence-electron chi connectivity index (χ0n) is 20.3. The van der Waals surface area contributed by atoms with Crippen LogP contribution in [0.3, 0.4) is 0 Å². The number of ether oxygens (including phenoxy) is 4. The number of nitro groups is 1. The molecule has 0 spiro atoms. The lowest BCUT2D eigenvalue weighted by Gasteiger charge is -2.13. The molecule has 0 aromatic heterocycles. The number of para-hydroxylation sites is 1. The normalized spacial score (nSPS) is 10.9. The van der Waals surface area contributed by atoms with Crippen LogP contribution in [0.15, 0.2) is 60.7 Å². The third kappa shape index (κ3) is 6.20. The third-order valence-corrected chi connectivity index (χ3v) is 5.18. The molecule has 3 aromatic rings. The van der Waals surface area contributed by atoms with E-state index in [-0.39, 0.29) is 5.69 Å². The Hall–Kier alpha value is -4.79. The predicted molar refractivity (Wildman–Crippen MR) is 139 cm³/mol. The monoisotopic (exact) mass is 490 g/mol. The molecule has 0 saturated carbocycles. The summed E-state index contributed by atoms with van der Waals surface area (Å²) in [4.78, 5) is 23.2. The van der Waals surface area contributed by atoms with E-state index in [2.05, 4.69) is 5.32 Å². The number of hydrogen-bond donors (Lipinski definition) is 1. The van der Waals surface area contributed by atoms with E-state index in [0.717, 1.165) is 11.1 Å². The number of carbonyl (C=O) groups excluding carboxylic acids is 1. The lowest BCUT2D eigenvalue weighted by atomic mass is 10.1. The third-order valence-electron chi connectivity index (χ3n) is 5.18. The van der Waals surface area contributed by atoms with Crippen molar-refractivity contribution in [3.05, 3.63) is 87.5 Å². The molecule has 0 bridgehead atoms. The van der Waals surface area contributed by atoms with Gasteiger partial charge in [-0.2, -0.15) is 0 Å². The Morgan fingerprint density at radius 3 is 2.06 bits per heavy atom. The first-order valence-electron chi connectivity index (χ1n) is 10.8. The van der Waals surface area contributed by atoms with Gasteiger partial charge < -0.3 is 24.3 Å². The second-order valence-electron chi connectivity index (χ2n) is 7.39. The Kier molecular flexibility index (Phi) is 8.66. The summed E-state index contributed by atoms with van der Waals surface area (Å²) in [6.07, 6.45) is 6.36. The van der Waals surface area contributed by atoms with Gasteiger partial charge in [-0.25, -0.2) is 0 Å². The molecule has 3 rings (SSSR count). The number of benzene rings is 3. The van der Waals surface area contributed by atoms with Gasteiger partial charge in [0, 0.05) is 12.1 Å². The highest BCUT2D eigenvalue weighted by molar-refractivity contribution is 6.03. The molecule has 0 aliphatic rings. The molecule has 186 valence electrons. The molecule has 9 heteroatoms. The molecule has 0 atom stereocenters. The first kappa shape index (κ1) is 25.8. The van der Waals surface area contributed by atoms with Crippen molar-refractivity contribution < 1.29 is 28.7 Å². The lowest BCUT2D eigenvalue weighted by Crippen LogP contribution is -2.09. The topological polar surface area (TPSA) is 109 Å². The van der Waals surface area contributed by atoms with E-state index in [9.17, 15) is 14.9 Å². The van der Waals surface area contributed by atoms with Gasteiger partial charge in [0.25, 0.3) is 5.69 Å². The summed E-state index contributed by atoms with van der Waals surface area (Å²) in [6.45, 7) is 0. The van der Waals surface area contributed by atoms with Gasteiger partial charge in [0.2, 0.25) is 11.7 Å². The largest absolute Gasteiger partial charge is 0.495 e. The van der Waals surface area contributed by atoms with E-state index in [4.69, 9.17) is 18.9 Å². The van der Waals surface area contributed by atoms with Crippen molar-refractivity contribution in [1.29, 1.82) is 0 Å². The van der Waals surface area contributed by atoms with Gasteiger partial charge >= 0.3 is 0 Å². The van der Waals surface area contributed by atoms with Gasteiger partial charge in [-0.3, -0.25) is 14.9 Å². The second kappa shape index (κ2) is 12.1. The standard InChI is InChI=1S/C27H26N2O7/c1-33-23-13-11-18(9-10-19-16-24(34-2)27(36-4)25(17-19)35-3)15-21(23)28-26(30)14-12-20-7-5-6-8-22(20)29(31)32/h5-17H,1-4H3,(H,28,30)/b10-9?,14-12+. The van der Waals surface area contributed by atoms with Crippen LogP contribution >= 0.6 is 0 Å². The smallest absolute Gasteiger partial charge is 0.276 e. The van der Waals surface area contributed by atoms with E-state index < -0.39 is 10.8 Å². The van der Waals surface area contributed by atoms with Crippen LogP contribution in [0.25, 0.3) is 18.2 Å². The van der Waals surface area contributed by atoms with Crippen LogP contribution in [0.5, 0.6) is 23.0 Å². The number of nitrogens with zero attached hydrogens (tertiary/aromatic N) is 1. The maximum absolute atomic E-state index is 12.5. The maximum atomic E-state index is 12.5. The SMILES string of the molecule is COc1ccc(C=Cc2cc(OC)c(OC)c(OC)c2)cc1NC(=O)/C=C/c1ccccc1[N+](=O)[O-]. The number of methoxy groups -OCH3 is 4. The van der Waals surface area contributed by atoms with E-state index in [1.54, 1.807) is 51.7 Å². The van der Waals surface area contributed by atoms with Gasteiger partial charge in [-0.05, 0) is 47.5 Å². The molecule has 1 N–H and O–H groups in total. The molecule has 9 nitrogen and oxygen atoms in total. The van der Waals surface area contributed by atoms with Crippen LogP contribution < -0.4 is 24.3 Å². The van der Waals surface area contributed by atoms with Crippen LogP contribution in [0.1, 0.15) is 16.7 Å². The fourth-order valence-corrected chi connectivity index (χ4v) is 3.45. The highest BCUT2D eigenvalue weighted by Gasteiger charge is 2.13. The lowest BCUT2D eigenvalue weighted by molar-refractivity contribution is -0.385. The minimum absolute atomic E-state index is 0.0851. The zero-order valence-corrected chi connectivity index (χ0v) is 20.3. The number of anilines is 1. The van der Waals surface area contributed by atoms with Gasteiger partial charge in [-0.1, -0.05) is 30.4 Å². The van der Waals surface area contributed by atoms with Crippen LogP contribution in [0.4, 0.5) is 11.4 Å². The minimum atomic E-state index is -0.496. The summed E-state index contributed by atoms with van der Waals surface area (Å²) in [7, 11) is 6.14. The molecule has 36 heavy (non-hydrogen) atoms. The molecule has 0 aliphatic heterocycles. The van der Waals surface area contributed by atoms with Gasteiger partial charge in [0.15, 0.2) is 11.5 Å². The highest BCUT2D eigenvalue weighted by atomic mass is 16.6. The predicted octanol–water partition coefficient (Wildman–Crippen LogP) is 5.45. The molecule has 0 heterocycles. The molecule has 0 fully saturated rings. The highest BCUT2D eigenvalue weighted by Crippen LogP contribution is 2.38. The summed E-state index contributed by atoms with van der Waals surface area (Å²) in [5.41, 5.74) is 2.30. The quantitative estimate of drug-likeness (QED) is 0.174. The fraction of sp³-hybridized carbons (Fsp3) is 0.148. The van der Waals surface area contributed by atoms with Crippen molar-refractivity contribution in [2.75, 3.05) is 33.8 Å².